The molecule has 4 rings (SSSR count). The molecule has 36 heavy (non-hydrogen) atoms. The van der Waals surface area contributed by atoms with E-state index in [0.717, 1.165) is 54.9 Å². The number of rotatable bonds is 10. The van der Waals surface area contributed by atoms with Gasteiger partial charge in [0.15, 0.2) is 9.84 Å². The minimum atomic E-state index is -3.21. The summed E-state index contributed by atoms with van der Waals surface area (Å²) >= 11 is 0. The minimum Gasteiger partial charge on any atom is -0.310 e. The van der Waals surface area contributed by atoms with Crippen LogP contribution in [0.15, 0.2) is 71.8 Å². The fourth-order valence-corrected chi connectivity index (χ4v) is 5.02. The van der Waals surface area contributed by atoms with Gasteiger partial charge in [0.25, 0.3) is 0 Å². The first-order chi connectivity index (χ1) is 17.3. The quantitative estimate of drug-likeness (QED) is 0.444. The molecule has 1 aliphatic rings. The maximum atomic E-state index is 13.0. The van der Waals surface area contributed by atoms with Crippen molar-refractivity contribution < 1.29 is 17.6 Å². The van der Waals surface area contributed by atoms with E-state index < -0.39 is 9.84 Å². The number of carbonyl (C=O) groups is 1. The van der Waals surface area contributed by atoms with E-state index in [0.29, 0.717) is 30.3 Å². The van der Waals surface area contributed by atoms with E-state index in [4.69, 9.17) is 0 Å². The van der Waals surface area contributed by atoms with Gasteiger partial charge in [-0.1, -0.05) is 30.3 Å². The predicted octanol–water partition coefficient (Wildman–Crippen LogP) is 4.05. The molecule has 6 nitrogen and oxygen atoms in total. The molecule has 0 unspecified atom stereocenters. The molecule has 1 aromatic heterocycles. The van der Waals surface area contributed by atoms with Crippen LogP contribution in [0.3, 0.4) is 0 Å². The van der Waals surface area contributed by atoms with E-state index >= 15 is 0 Å². The number of hydrogen-bond acceptors (Lipinski definition) is 6. The van der Waals surface area contributed by atoms with E-state index in [1.54, 1.807) is 36.4 Å². The van der Waals surface area contributed by atoms with Crippen molar-refractivity contribution in [1.29, 1.82) is 0 Å². The summed E-state index contributed by atoms with van der Waals surface area (Å²) in [5.74, 6) is -0.0310. The summed E-state index contributed by atoms with van der Waals surface area (Å²) in [7, 11) is -3.21. The lowest BCUT2D eigenvalue weighted by molar-refractivity contribution is -0.120. The molecule has 0 aliphatic carbocycles. The van der Waals surface area contributed by atoms with Crippen LogP contribution in [0.4, 0.5) is 4.39 Å². The van der Waals surface area contributed by atoms with Crippen molar-refractivity contribution in [1.82, 2.24) is 15.2 Å². The molecule has 0 spiro atoms. The molecular formula is C28H32FN3O3S. The Bertz CT molecular complexity index is 1250. The van der Waals surface area contributed by atoms with Crippen LogP contribution < -0.4 is 5.32 Å². The van der Waals surface area contributed by atoms with Gasteiger partial charge in [-0.15, -0.1) is 0 Å². The van der Waals surface area contributed by atoms with Gasteiger partial charge in [0.1, 0.15) is 11.6 Å². The van der Waals surface area contributed by atoms with Gasteiger partial charge in [-0.05, 0) is 60.7 Å². The number of nitrogens with zero attached hydrogens (tertiary/aromatic N) is 2. The molecule has 1 fully saturated rings. The Morgan fingerprint density at radius 3 is 2.28 bits per heavy atom. The van der Waals surface area contributed by atoms with Crippen molar-refractivity contribution in [2.45, 2.75) is 43.2 Å². The summed E-state index contributed by atoms with van der Waals surface area (Å²) in [6, 6.07) is 17.5. The largest absolute Gasteiger partial charge is 0.310 e. The molecule has 0 bridgehead atoms. The fraction of sp³-hybridized carbons (Fsp3) is 0.357. The zero-order valence-corrected chi connectivity index (χ0v) is 21.3. The number of pyridine rings is 1. The van der Waals surface area contributed by atoms with Crippen molar-refractivity contribution in [3.63, 3.8) is 0 Å². The number of aryl methyl sites for hydroxylation is 1. The summed E-state index contributed by atoms with van der Waals surface area (Å²) in [6.07, 6.45) is 6.16. The third-order valence-electron chi connectivity index (χ3n) is 6.59. The number of hydrogen-bond donors (Lipinski definition) is 1. The fourth-order valence-electron chi connectivity index (χ4n) is 4.39. The third kappa shape index (κ3) is 7.53. The number of halogens is 1. The van der Waals surface area contributed by atoms with Gasteiger partial charge in [0.2, 0.25) is 0 Å². The van der Waals surface area contributed by atoms with Gasteiger partial charge in [-0.25, -0.2) is 12.8 Å². The Labute approximate surface area is 212 Å². The normalized spacial score (nSPS) is 15.2. The highest BCUT2D eigenvalue weighted by Crippen LogP contribution is 2.20. The van der Waals surface area contributed by atoms with Gasteiger partial charge in [-0.2, -0.15) is 0 Å². The van der Waals surface area contributed by atoms with Crippen LogP contribution in [0.1, 0.15) is 30.4 Å². The summed E-state index contributed by atoms with van der Waals surface area (Å²) in [6.45, 7) is 2.98. The van der Waals surface area contributed by atoms with E-state index in [1.807, 2.05) is 18.3 Å². The van der Waals surface area contributed by atoms with Crippen LogP contribution >= 0.6 is 0 Å². The van der Waals surface area contributed by atoms with Gasteiger partial charge >= 0.3 is 0 Å². The lowest BCUT2D eigenvalue weighted by Gasteiger charge is -2.32. The number of ketones is 1. The van der Waals surface area contributed by atoms with E-state index in [-0.39, 0.29) is 11.6 Å². The molecule has 0 saturated carbocycles. The lowest BCUT2D eigenvalue weighted by atomic mass is 10.0. The Morgan fingerprint density at radius 1 is 1.00 bits per heavy atom. The number of nitrogens with one attached hydrogen (secondary N) is 1. The Morgan fingerprint density at radius 2 is 1.67 bits per heavy atom. The van der Waals surface area contributed by atoms with Crippen LogP contribution in [0.25, 0.3) is 11.3 Å². The monoisotopic (exact) mass is 509 g/mol. The molecule has 3 aromatic rings. The minimum absolute atomic E-state index is 0.225. The smallest absolute Gasteiger partial charge is 0.175 e. The van der Waals surface area contributed by atoms with Crippen LogP contribution in [0.2, 0.25) is 0 Å². The topological polar surface area (TPSA) is 79.4 Å². The summed E-state index contributed by atoms with van der Waals surface area (Å²) in [4.78, 5) is 19.4. The molecule has 1 N–H and O–H groups in total. The molecule has 2 aromatic carbocycles. The Hall–Kier alpha value is -2.94. The second-order valence-electron chi connectivity index (χ2n) is 9.44. The van der Waals surface area contributed by atoms with Crippen LogP contribution in [-0.2, 0) is 27.6 Å². The molecular weight excluding hydrogens is 477 g/mol. The standard InChI is InChI=1S/C28H32FN3O3S/c1-36(34,35)27-11-6-23(7-12-27)28-13-5-22(19-31-28)18-30-25-14-16-32(17-15-25)20-26(33)10-4-21-2-8-24(29)9-3-21/h2-3,5-9,11-13,19,25,30H,4,10,14-18,20H2,1H3. The molecule has 0 amide bonds. The van der Waals surface area contributed by atoms with Crippen molar-refractivity contribution in [3.05, 3.63) is 83.8 Å². The first kappa shape index (κ1) is 26.1. The maximum Gasteiger partial charge on any atom is 0.175 e. The zero-order chi connectivity index (χ0) is 25.5. The van der Waals surface area contributed by atoms with Gasteiger partial charge < -0.3 is 5.32 Å². The number of carbonyl (C=O) groups excluding carboxylic acids is 1. The maximum absolute atomic E-state index is 13.0. The van der Waals surface area contributed by atoms with Gasteiger partial charge in [-0.3, -0.25) is 14.7 Å². The average Bonchev–Trinajstić information content (AvgIpc) is 2.88. The molecule has 190 valence electrons. The molecule has 1 saturated heterocycles. The van der Waals surface area contributed by atoms with Gasteiger partial charge in [0, 0.05) is 50.1 Å². The second kappa shape index (κ2) is 11.9. The van der Waals surface area contributed by atoms with Crippen LogP contribution in [0, 0.1) is 5.82 Å². The summed E-state index contributed by atoms with van der Waals surface area (Å²) < 4.78 is 36.3. The predicted molar refractivity (Wildman–Crippen MR) is 139 cm³/mol. The van der Waals surface area contributed by atoms with Crippen molar-refractivity contribution in [2.24, 2.45) is 0 Å². The summed E-state index contributed by atoms with van der Waals surface area (Å²) in [5.41, 5.74) is 3.75. The number of Topliss-reactive ketones (excluding diaryl/α,β-unsaturated/α-hetero) is 1. The highest BCUT2D eigenvalue weighted by Gasteiger charge is 2.20. The van der Waals surface area contributed by atoms with Gasteiger partial charge in [0.05, 0.1) is 17.1 Å². The van der Waals surface area contributed by atoms with Crippen LogP contribution in [-0.4, -0.2) is 56.0 Å². The zero-order valence-electron chi connectivity index (χ0n) is 20.5. The second-order valence-corrected chi connectivity index (χ2v) is 11.5. The highest BCUT2D eigenvalue weighted by atomic mass is 32.2. The SMILES string of the molecule is CS(=O)(=O)c1ccc(-c2ccc(CNC3CCN(CC(=O)CCc4ccc(F)cc4)CC3)cn2)cc1. The third-order valence-corrected chi connectivity index (χ3v) is 7.72. The molecule has 0 atom stereocenters. The molecule has 8 heteroatoms. The summed E-state index contributed by atoms with van der Waals surface area (Å²) in [5, 5.41) is 3.60. The van der Waals surface area contributed by atoms with E-state index in [2.05, 4.69) is 15.2 Å². The lowest BCUT2D eigenvalue weighted by Crippen LogP contribution is -2.44. The first-order valence-corrected chi connectivity index (χ1v) is 14.1. The molecule has 1 aliphatic heterocycles. The Balaban J connectivity index is 1.17. The number of benzene rings is 2. The molecule has 0 radical (unpaired) electrons. The van der Waals surface area contributed by atoms with E-state index in [9.17, 15) is 17.6 Å². The number of piperidine rings is 1. The van der Waals surface area contributed by atoms with Crippen molar-refractivity contribution >= 4 is 15.6 Å². The first-order valence-electron chi connectivity index (χ1n) is 12.2. The Kier molecular flexibility index (Phi) is 8.61. The number of likely N-dealkylation sites (tertiary alicyclic amines) is 1. The number of aromatic nitrogens is 1. The molecule has 2 heterocycles. The van der Waals surface area contributed by atoms with E-state index in [1.165, 1.54) is 18.4 Å². The average molecular weight is 510 g/mol. The van der Waals surface area contributed by atoms with Crippen molar-refractivity contribution in [2.75, 3.05) is 25.9 Å². The van der Waals surface area contributed by atoms with Crippen molar-refractivity contribution in [3.8, 4) is 11.3 Å². The van der Waals surface area contributed by atoms with Crippen LogP contribution in [0.5, 0.6) is 0 Å². The highest BCUT2D eigenvalue weighted by molar-refractivity contribution is 7.90. The number of sulfone groups is 1.